The number of carbonyl (C=O) groups excluding carboxylic acids is 2. The molecule has 2 N–H and O–H groups in total. The Morgan fingerprint density at radius 3 is 2.62 bits per heavy atom. The highest BCUT2D eigenvalue weighted by Gasteiger charge is 2.12. The molecule has 1 aromatic carbocycles. The van der Waals surface area contributed by atoms with Crippen LogP contribution in [0.4, 0.5) is 5.69 Å². The lowest BCUT2D eigenvalue weighted by Gasteiger charge is -2.10. The standard InChI is InChI=1S/C18H21N3O3/c1-12-4-5-15(13(2)10-12)21-17(22)14-6-7-19-16(11-14)18(23)20-8-9-24-3/h4-7,10-11H,8-9H2,1-3H3,(H,20,23)(H,21,22). The van der Waals surface area contributed by atoms with Gasteiger partial charge in [0, 0.05) is 31.1 Å². The molecule has 126 valence electrons. The number of pyridine rings is 1. The predicted molar refractivity (Wildman–Crippen MR) is 92.3 cm³/mol. The van der Waals surface area contributed by atoms with E-state index in [1.807, 2.05) is 32.0 Å². The van der Waals surface area contributed by atoms with Crippen molar-refractivity contribution in [2.45, 2.75) is 13.8 Å². The number of anilines is 1. The lowest BCUT2D eigenvalue weighted by atomic mass is 10.1. The molecule has 6 heteroatoms. The van der Waals surface area contributed by atoms with Crippen molar-refractivity contribution in [2.75, 3.05) is 25.6 Å². The average molecular weight is 327 g/mol. The van der Waals surface area contributed by atoms with E-state index in [0.29, 0.717) is 18.7 Å². The molecular formula is C18H21N3O3. The Morgan fingerprint density at radius 2 is 1.92 bits per heavy atom. The molecule has 0 atom stereocenters. The van der Waals surface area contributed by atoms with Crippen molar-refractivity contribution in [1.82, 2.24) is 10.3 Å². The van der Waals surface area contributed by atoms with E-state index >= 15 is 0 Å². The Balaban J connectivity index is 2.09. The summed E-state index contributed by atoms with van der Waals surface area (Å²) in [4.78, 5) is 28.4. The van der Waals surface area contributed by atoms with Crippen LogP contribution >= 0.6 is 0 Å². The molecule has 0 radical (unpaired) electrons. The SMILES string of the molecule is COCCNC(=O)c1cc(C(=O)Nc2ccc(C)cc2C)ccn1. The molecule has 1 aromatic heterocycles. The molecule has 0 unspecified atom stereocenters. The lowest BCUT2D eigenvalue weighted by molar-refractivity contribution is 0.0932. The van der Waals surface area contributed by atoms with Gasteiger partial charge in [-0.2, -0.15) is 0 Å². The zero-order valence-electron chi connectivity index (χ0n) is 14.1. The molecule has 0 saturated carbocycles. The summed E-state index contributed by atoms with van der Waals surface area (Å²) in [6.07, 6.45) is 1.45. The van der Waals surface area contributed by atoms with Crippen LogP contribution in [0.3, 0.4) is 0 Å². The summed E-state index contributed by atoms with van der Waals surface area (Å²) in [5.74, 6) is -0.622. The Hall–Kier alpha value is -2.73. The number of methoxy groups -OCH3 is 1. The second-order valence-corrected chi connectivity index (χ2v) is 5.45. The van der Waals surface area contributed by atoms with Gasteiger partial charge in [-0.1, -0.05) is 17.7 Å². The van der Waals surface area contributed by atoms with Gasteiger partial charge in [-0.25, -0.2) is 0 Å². The second kappa shape index (κ2) is 8.21. The molecule has 0 aliphatic heterocycles. The molecule has 24 heavy (non-hydrogen) atoms. The van der Waals surface area contributed by atoms with E-state index in [-0.39, 0.29) is 17.5 Å². The van der Waals surface area contributed by atoms with Gasteiger partial charge in [0.05, 0.1) is 6.61 Å². The van der Waals surface area contributed by atoms with Gasteiger partial charge in [0.25, 0.3) is 11.8 Å². The minimum absolute atomic E-state index is 0.194. The highest BCUT2D eigenvalue weighted by molar-refractivity contribution is 6.06. The van der Waals surface area contributed by atoms with Gasteiger partial charge in [-0.15, -0.1) is 0 Å². The topological polar surface area (TPSA) is 80.3 Å². The van der Waals surface area contributed by atoms with Crippen LogP contribution in [0.15, 0.2) is 36.5 Å². The third-order valence-corrected chi connectivity index (χ3v) is 3.48. The molecule has 2 aromatic rings. The molecule has 0 saturated heterocycles. The van der Waals surface area contributed by atoms with Crippen LogP contribution in [0, 0.1) is 13.8 Å². The Kier molecular flexibility index (Phi) is 6.03. The molecular weight excluding hydrogens is 306 g/mol. The molecule has 0 fully saturated rings. The Morgan fingerprint density at radius 1 is 1.12 bits per heavy atom. The van der Waals surface area contributed by atoms with E-state index in [9.17, 15) is 9.59 Å². The fourth-order valence-corrected chi connectivity index (χ4v) is 2.20. The minimum Gasteiger partial charge on any atom is -0.383 e. The Bertz CT molecular complexity index is 744. The maximum atomic E-state index is 12.4. The van der Waals surface area contributed by atoms with Crippen LogP contribution in [0.25, 0.3) is 0 Å². The number of aryl methyl sites for hydroxylation is 2. The predicted octanol–water partition coefficient (Wildman–Crippen LogP) is 2.33. The first-order chi connectivity index (χ1) is 11.5. The second-order valence-electron chi connectivity index (χ2n) is 5.45. The smallest absolute Gasteiger partial charge is 0.269 e. The van der Waals surface area contributed by atoms with Crippen molar-refractivity contribution in [3.05, 3.63) is 58.9 Å². The molecule has 2 amide bonds. The molecule has 0 spiro atoms. The van der Waals surface area contributed by atoms with Gasteiger partial charge < -0.3 is 15.4 Å². The van der Waals surface area contributed by atoms with Crippen molar-refractivity contribution in [3.63, 3.8) is 0 Å². The van der Waals surface area contributed by atoms with Gasteiger partial charge in [-0.3, -0.25) is 14.6 Å². The molecule has 0 aliphatic rings. The molecule has 2 rings (SSSR count). The minimum atomic E-state index is -0.340. The fourth-order valence-electron chi connectivity index (χ4n) is 2.20. The molecule has 0 aliphatic carbocycles. The quantitative estimate of drug-likeness (QED) is 0.798. The third kappa shape index (κ3) is 4.63. The first-order valence-corrected chi connectivity index (χ1v) is 7.63. The summed E-state index contributed by atoms with van der Waals surface area (Å²) in [6.45, 7) is 4.73. The Labute approximate surface area is 141 Å². The van der Waals surface area contributed by atoms with Crippen molar-refractivity contribution in [1.29, 1.82) is 0 Å². The summed E-state index contributed by atoms with van der Waals surface area (Å²) >= 11 is 0. The number of nitrogens with zero attached hydrogens (tertiary/aromatic N) is 1. The number of carbonyl (C=O) groups is 2. The van der Waals surface area contributed by atoms with E-state index in [1.165, 1.54) is 12.3 Å². The van der Waals surface area contributed by atoms with Gasteiger partial charge in [0.15, 0.2) is 0 Å². The lowest BCUT2D eigenvalue weighted by Crippen LogP contribution is -2.28. The maximum absolute atomic E-state index is 12.4. The van der Waals surface area contributed by atoms with Gasteiger partial charge in [0.2, 0.25) is 0 Å². The van der Waals surface area contributed by atoms with Crippen LogP contribution < -0.4 is 10.6 Å². The van der Waals surface area contributed by atoms with E-state index in [4.69, 9.17) is 4.74 Å². The molecule has 1 heterocycles. The van der Waals surface area contributed by atoms with Gasteiger partial charge in [-0.05, 0) is 37.6 Å². The molecule has 0 bridgehead atoms. The monoisotopic (exact) mass is 327 g/mol. The van der Waals surface area contributed by atoms with Crippen molar-refractivity contribution in [2.24, 2.45) is 0 Å². The highest BCUT2D eigenvalue weighted by atomic mass is 16.5. The van der Waals surface area contributed by atoms with Crippen molar-refractivity contribution in [3.8, 4) is 0 Å². The zero-order valence-corrected chi connectivity index (χ0v) is 14.1. The summed E-state index contributed by atoms with van der Waals surface area (Å²) in [5, 5.41) is 5.53. The number of benzene rings is 1. The van der Waals surface area contributed by atoms with Crippen molar-refractivity contribution < 1.29 is 14.3 Å². The summed E-state index contributed by atoms with van der Waals surface area (Å²) in [7, 11) is 1.56. The van der Waals surface area contributed by atoms with E-state index in [2.05, 4.69) is 15.6 Å². The van der Waals surface area contributed by atoms with E-state index in [1.54, 1.807) is 13.2 Å². The number of hydrogen-bond acceptors (Lipinski definition) is 4. The first-order valence-electron chi connectivity index (χ1n) is 7.63. The van der Waals surface area contributed by atoms with Crippen LogP contribution in [0.2, 0.25) is 0 Å². The van der Waals surface area contributed by atoms with Crippen molar-refractivity contribution >= 4 is 17.5 Å². The zero-order chi connectivity index (χ0) is 17.5. The maximum Gasteiger partial charge on any atom is 0.269 e. The molecule has 6 nitrogen and oxygen atoms in total. The number of hydrogen-bond donors (Lipinski definition) is 2. The van der Waals surface area contributed by atoms with Gasteiger partial charge >= 0.3 is 0 Å². The largest absolute Gasteiger partial charge is 0.383 e. The van der Waals surface area contributed by atoms with Crippen LogP contribution in [-0.2, 0) is 4.74 Å². The number of aromatic nitrogens is 1. The fraction of sp³-hybridized carbons (Fsp3) is 0.278. The number of amides is 2. The summed E-state index contributed by atoms with van der Waals surface area (Å²) in [6, 6.07) is 8.84. The van der Waals surface area contributed by atoms with Crippen LogP contribution in [0.5, 0.6) is 0 Å². The first kappa shape index (κ1) is 17.6. The third-order valence-electron chi connectivity index (χ3n) is 3.48. The van der Waals surface area contributed by atoms with Crippen LogP contribution in [0.1, 0.15) is 32.0 Å². The summed E-state index contributed by atoms with van der Waals surface area (Å²) < 4.78 is 4.88. The number of ether oxygens (including phenoxy) is 1. The number of nitrogens with one attached hydrogen (secondary N) is 2. The van der Waals surface area contributed by atoms with Crippen LogP contribution in [-0.4, -0.2) is 37.1 Å². The average Bonchev–Trinajstić information content (AvgIpc) is 2.57. The van der Waals surface area contributed by atoms with Gasteiger partial charge in [0.1, 0.15) is 5.69 Å². The normalized spacial score (nSPS) is 10.3. The van der Waals surface area contributed by atoms with E-state index < -0.39 is 0 Å². The number of rotatable bonds is 6. The van der Waals surface area contributed by atoms with E-state index in [0.717, 1.165) is 16.8 Å². The highest BCUT2D eigenvalue weighted by Crippen LogP contribution is 2.17. The summed E-state index contributed by atoms with van der Waals surface area (Å²) in [5.41, 5.74) is 3.43.